The van der Waals surface area contributed by atoms with Crippen LogP contribution in [-0.2, 0) is 14.3 Å². The summed E-state index contributed by atoms with van der Waals surface area (Å²) in [5.41, 5.74) is 5.39. The summed E-state index contributed by atoms with van der Waals surface area (Å²) in [6.07, 6.45) is 0. The van der Waals surface area contributed by atoms with Crippen molar-refractivity contribution in [3.05, 3.63) is 0 Å². The number of esters is 1. The summed E-state index contributed by atoms with van der Waals surface area (Å²) in [4.78, 5) is 10.8. The first kappa shape index (κ1) is 10.4. The van der Waals surface area contributed by atoms with Gasteiger partial charge < -0.3 is 15.2 Å². The summed E-state index contributed by atoms with van der Waals surface area (Å²) in [5, 5.41) is 0. The number of hydrogen-bond donors (Lipinski definition) is 1. The molecule has 0 aliphatic rings. The number of ether oxygens (including phenoxy) is 2. The maximum atomic E-state index is 10.8. The van der Waals surface area contributed by atoms with Gasteiger partial charge in [0.1, 0.15) is 6.04 Å². The number of hydrogen-bond acceptors (Lipinski definition) is 4. The van der Waals surface area contributed by atoms with Crippen LogP contribution in [0.25, 0.3) is 0 Å². The van der Waals surface area contributed by atoms with E-state index in [1.165, 1.54) is 0 Å². The molecule has 0 aliphatic heterocycles. The lowest BCUT2D eigenvalue weighted by molar-refractivity contribution is -0.146. The molecule has 0 bridgehead atoms. The van der Waals surface area contributed by atoms with Crippen LogP contribution in [0.15, 0.2) is 0 Å². The van der Waals surface area contributed by atoms with Gasteiger partial charge in [-0.15, -0.1) is 0 Å². The van der Waals surface area contributed by atoms with E-state index in [9.17, 15) is 4.79 Å². The van der Waals surface area contributed by atoms with E-state index in [1.54, 1.807) is 6.92 Å². The molecule has 1 atom stereocenters. The molecular weight excluding hydrogens is 146 g/mol. The minimum absolute atomic E-state index is 0.231. The van der Waals surface area contributed by atoms with Gasteiger partial charge >= 0.3 is 5.97 Å². The number of nitrogens with two attached hydrogens (primary N) is 1. The average molecular weight is 161 g/mol. The molecule has 1 unspecified atom stereocenters. The monoisotopic (exact) mass is 161 g/mol. The van der Waals surface area contributed by atoms with Crippen molar-refractivity contribution in [3.8, 4) is 0 Å². The minimum Gasteiger partial charge on any atom is -0.465 e. The third kappa shape index (κ3) is 4.75. The third-order valence-corrected chi connectivity index (χ3v) is 1.09. The molecule has 2 N–H and O–H groups in total. The Morgan fingerprint density at radius 3 is 2.55 bits per heavy atom. The maximum Gasteiger partial charge on any atom is 0.325 e. The number of rotatable bonds is 5. The van der Waals surface area contributed by atoms with Crippen LogP contribution in [0.5, 0.6) is 0 Å². The zero-order valence-electron chi connectivity index (χ0n) is 7.00. The summed E-state index contributed by atoms with van der Waals surface area (Å²) in [6, 6.07) is -0.644. The van der Waals surface area contributed by atoms with E-state index in [0.29, 0.717) is 13.2 Å². The van der Waals surface area contributed by atoms with E-state index < -0.39 is 12.0 Å². The first-order chi connectivity index (χ1) is 5.22. The largest absolute Gasteiger partial charge is 0.465 e. The van der Waals surface area contributed by atoms with Crippen molar-refractivity contribution >= 4 is 5.97 Å². The molecule has 0 amide bonds. The van der Waals surface area contributed by atoms with Gasteiger partial charge in [-0.2, -0.15) is 0 Å². The molecule has 4 nitrogen and oxygen atoms in total. The van der Waals surface area contributed by atoms with Crippen molar-refractivity contribution in [3.63, 3.8) is 0 Å². The first-order valence-corrected chi connectivity index (χ1v) is 3.72. The Labute approximate surface area is 66.7 Å². The summed E-state index contributed by atoms with van der Waals surface area (Å²) in [6.45, 7) is 4.74. The number of carbonyl (C=O) groups excluding carboxylic acids is 1. The highest BCUT2D eigenvalue weighted by Crippen LogP contribution is 1.86. The molecule has 0 heterocycles. The fraction of sp³-hybridized carbons (Fsp3) is 0.857. The Kier molecular flexibility index (Phi) is 5.78. The molecule has 0 aromatic carbocycles. The first-order valence-electron chi connectivity index (χ1n) is 3.72. The summed E-state index contributed by atoms with van der Waals surface area (Å²) in [7, 11) is 0. The lowest BCUT2D eigenvalue weighted by atomic mass is 10.3. The molecule has 0 aromatic rings. The van der Waals surface area contributed by atoms with Crippen LogP contribution >= 0.6 is 0 Å². The second-order valence-electron chi connectivity index (χ2n) is 2.02. The summed E-state index contributed by atoms with van der Waals surface area (Å²) in [5.74, 6) is -0.402. The lowest BCUT2D eigenvalue weighted by Gasteiger charge is -2.09. The van der Waals surface area contributed by atoms with E-state index in [1.807, 2.05) is 6.92 Å². The van der Waals surface area contributed by atoms with Crippen molar-refractivity contribution in [2.75, 3.05) is 19.8 Å². The lowest BCUT2D eigenvalue weighted by Crippen LogP contribution is -2.36. The normalized spacial score (nSPS) is 12.6. The van der Waals surface area contributed by atoms with Gasteiger partial charge in [0.05, 0.1) is 13.2 Å². The van der Waals surface area contributed by atoms with Crippen LogP contribution in [0, 0.1) is 0 Å². The minimum atomic E-state index is -0.644. The highest BCUT2D eigenvalue weighted by molar-refractivity contribution is 5.75. The van der Waals surface area contributed by atoms with Gasteiger partial charge in [-0.1, -0.05) is 0 Å². The van der Waals surface area contributed by atoms with Gasteiger partial charge in [0.25, 0.3) is 0 Å². The predicted molar refractivity (Wildman–Crippen MR) is 41.1 cm³/mol. The molecule has 0 fully saturated rings. The molecule has 0 rings (SSSR count). The molecule has 66 valence electrons. The summed E-state index contributed by atoms with van der Waals surface area (Å²) >= 11 is 0. The van der Waals surface area contributed by atoms with Crippen molar-refractivity contribution in [2.45, 2.75) is 19.9 Å². The second-order valence-corrected chi connectivity index (χ2v) is 2.02. The molecule has 0 aliphatic carbocycles. The zero-order valence-corrected chi connectivity index (χ0v) is 7.00. The van der Waals surface area contributed by atoms with Gasteiger partial charge in [0.15, 0.2) is 0 Å². The molecule has 0 aromatic heterocycles. The second kappa shape index (κ2) is 6.12. The molecule has 4 heteroatoms. The summed E-state index contributed by atoms with van der Waals surface area (Å²) < 4.78 is 9.59. The van der Waals surface area contributed by atoms with Crippen molar-refractivity contribution in [1.82, 2.24) is 0 Å². The Bertz CT molecular complexity index is 116. The van der Waals surface area contributed by atoms with E-state index in [2.05, 4.69) is 4.74 Å². The van der Waals surface area contributed by atoms with Gasteiger partial charge in [-0.3, -0.25) is 4.79 Å². The molecule has 0 saturated heterocycles. The SMILES string of the molecule is CCOCC(N)C(=O)OCC. The van der Waals surface area contributed by atoms with Crippen molar-refractivity contribution < 1.29 is 14.3 Å². The highest BCUT2D eigenvalue weighted by atomic mass is 16.5. The molecule has 0 spiro atoms. The Balaban J connectivity index is 3.46. The Morgan fingerprint density at radius 1 is 1.45 bits per heavy atom. The van der Waals surface area contributed by atoms with Gasteiger partial charge in [0, 0.05) is 6.61 Å². The van der Waals surface area contributed by atoms with Crippen LogP contribution in [0.3, 0.4) is 0 Å². The zero-order chi connectivity index (χ0) is 8.69. The van der Waals surface area contributed by atoms with Crippen LogP contribution in [0.4, 0.5) is 0 Å². The predicted octanol–water partition coefficient (Wildman–Crippen LogP) is -0.0867. The molecule has 0 radical (unpaired) electrons. The smallest absolute Gasteiger partial charge is 0.325 e. The average Bonchev–Trinajstić information content (AvgIpc) is 2.00. The highest BCUT2D eigenvalue weighted by Gasteiger charge is 2.13. The van der Waals surface area contributed by atoms with Crippen LogP contribution in [0.2, 0.25) is 0 Å². The van der Waals surface area contributed by atoms with Gasteiger partial charge in [-0.05, 0) is 13.8 Å². The fourth-order valence-corrected chi connectivity index (χ4v) is 0.562. The van der Waals surface area contributed by atoms with Gasteiger partial charge in [-0.25, -0.2) is 0 Å². The Hall–Kier alpha value is -0.610. The van der Waals surface area contributed by atoms with Crippen molar-refractivity contribution in [2.24, 2.45) is 5.73 Å². The van der Waals surface area contributed by atoms with Crippen LogP contribution in [-0.4, -0.2) is 31.8 Å². The Morgan fingerprint density at radius 2 is 2.09 bits per heavy atom. The molecule has 11 heavy (non-hydrogen) atoms. The quantitative estimate of drug-likeness (QED) is 0.572. The molecule has 0 saturated carbocycles. The molecular formula is C7H15NO3. The number of carbonyl (C=O) groups is 1. The standard InChI is InChI=1S/C7H15NO3/c1-3-10-5-6(8)7(9)11-4-2/h6H,3-5,8H2,1-2H3. The topological polar surface area (TPSA) is 61.5 Å². The van der Waals surface area contributed by atoms with E-state index in [0.717, 1.165) is 0 Å². The fourth-order valence-electron chi connectivity index (χ4n) is 0.562. The van der Waals surface area contributed by atoms with Crippen molar-refractivity contribution in [1.29, 1.82) is 0 Å². The third-order valence-electron chi connectivity index (χ3n) is 1.09. The van der Waals surface area contributed by atoms with Crippen LogP contribution in [0.1, 0.15) is 13.8 Å². The maximum absolute atomic E-state index is 10.8. The van der Waals surface area contributed by atoms with E-state index in [-0.39, 0.29) is 6.61 Å². The van der Waals surface area contributed by atoms with Gasteiger partial charge in [0.2, 0.25) is 0 Å². The van der Waals surface area contributed by atoms with E-state index in [4.69, 9.17) is 10.5 Å². The van der Waals surface area contributed by atoms with Crippen LogP contribution < -0.4 is 5.73 Å². The van der Waals surface area contributed by atoms with E-state index >= 15 is 0 Å².